The predicted molar refractivity (Wildman–Crippen MR) is 112 cm³/mol. The molecule has 29 heavy (non-hydrogen) atoms. The Kier molecular flexibility index (Phi) is 6.46. The topological polar surface area (TPSA) is 67.9 Å². The second-order valence-corrected chi connectivity index (χ2v) is 7.06. The summed E-state index contributed by atoms with van der Waals surface area (Å²) in [6, 6.07) is 18.1. The van der Waals surface area contributed by atoms with Crippen LogP contribution in [0.3, 0.4) is 0 Å². The van der Waals surface area contributed by atoms with Crippen molar-refractivity contribution in [3.63, 3.8) is 0 Å². The van der Waals surface area contributed by atoms with Crippen LogP contribution in [0.5, 0.6) is 0 Å². The van der Waals surface area contributed by atoms with Gasteiger partial charge in [0.15, 0.2) is 0 Å². The lowest BCUT2D eigenvalue weighted by atomic mass is 9.96. The molecule has 0 unspecified atom stereocenters. The van der Waals surface area contributed by atoms with E-state index in [1.54, 1.807) is 0 Å². The van der Waals surface area contributed by atoms with Crippen LogP contribution in [0.15, 0.2) is 48.5 Å². The smallest absolute Gasteiger partial charge is 0.303 e. The van der Waals surface area contributed by atoms with Crippen molar-refractivity contribution in [3.05, 3.63) is 76.6 Å². The lowest BCUT2D eigenvalue weighted by molar-refractivity contribution is -0.142. The summed E-state index contributed by atoms with van der Waals surface area (Å²) in [5, 5.41) is 14.0. The van der Waals surface area contributed by atoms with Gasteiger partial charge in [-0.05, 0) is 29.2 Å². The fraction of sp³-hybridized carbons (Fsp3) is 0.292. The van der Waals surface area contributed by atoms with E-state index >= 15 is 0 Å². The van der Waals surface area contributed by atoms with Crippen molar-refractivity contribution >= 4 is 5.97 Å². The minimum Gasteiger partial charge on any atom is -0.459 e. The van der Waals surface area contributed by atoms with Crippen molar-refractivity contribution in [2.75, 3.05) is 0 Å². The van der Waals surface area contributed by atoms with Crippen molar-refractivity contribution in [2.24, 2.45) is 7.05 Å². The number of carbonyl (C=O) groups is 1. The Morgan fingerprint density at radius 2 is 1.90 bits per heavy atom. The molecule has 0 fully saturated rings. The molecule has 0 spiro atoms. The average molecular weight is 387 g/mol. The van der Waals surface area contributed by atoms with E-state index in [4.69, 9.17) is 4.74 Å². The van der Waals surface area contributed by atoms with Gasteiger partial charge in [0, 0.05) is 26.0 Å². The Morgan fingerprint density at radius 1 is 1.17 bits per heavy atom. The first-order chi connectivity index (χ1) is 14.0. The summed E-state index contributed by atoms with van der Waals surface area (Å²) in [5.74, 6) is -0.297. The van der Waals surface area contributed by atoms with E-state index in [0.717, 1.165) is 52.9 Å². The molecular weight excluding hydrogens is 362 g/mol. The minimum absolute atomic E-state index is 0.228. The zero-order valence-electron chi connectivity index (χ0n) is 17.1. The van der Waals surface area contributed by atoms with E-state index < -0.39 is 0 Å². The summed E-state index contributed by atoms with van der Waals surface area (Å²) in [6.07, 6.45) is 2.61. The van der Waals surface area contributed by atoms with Crippen LogP contribution in [-0.2, 0) is 36.0 Å². The Labute approximate surface area is 171 Å². The molecule has 5 nitrogen and oxygen atoms in total. The van der Waals surface area contributed by atoms with Crippen molar-refractivity contribution < 1.29 is 9.53 Å². The highest BCUT2D eigenvalue weighted by molar-refractivity contribution is 5.70. The highest BCUT2D eigenvalue weighted by Gasteiger charge is 2.17. The van der Waals surface area contributed by atoms with Gasteiger partial charge >= 0.3 is 5.97 Å². The number of rotatable bonds is 7. The fourth-order valence-corrected chi connectivity index (χ4v) is 3.49. The normalized spacial score (nSPS) is 10.6. The Balaban J connectivity index is 1.89. The summed E-state index contributed by atoms with van der Waals surface area (Å²) >= 11 is 0. The van der Waals surface area contributed by atoms with E-state index in [1.807, 2.05) is 48.1 Å². The molecule has 0 bridgehead atoms. The number of benzene rings is 2. The maximum Gasteiger partial charge on any atom is 0.303 e. The van der Waals surface area contributed by atoms with Gasteiger partial charge in [0.05, 0.1) is 23.0 Å². The van der Waals surface area contributed by atoms with Crippen LogP contribution in [0.2, 0.25) is 0 Å². The first kappa shape index (κ1) is 20.3. The molecule has 0 saturated carbocycles. The van der Waals surface area contributed by atoms with Gasteiger partial charge in [-0.2, -0.15) is 10.4 Å². The largest absolute Gasteiger partial charge is 0.459 e. The number of nitriles is 1. The monoisotopic (exact) mass is 387 g/mol. The molecular formula is C24H25N3O2. The van der Waals surface area contributed by atoms with Crippen LogP contribution in [0.25, 0.3) is 11.1 Å². The number of hydrogen-bond donors (Lipinski definition) is 0. The molecule has 148 valence electrons. The number of nitrogens with zero attached hydrogens (tertiary/aromatic N) is 3. The van der Waals surface area contributed by atoms with Crippen LogP contribution in [-0.4, -0.2) is 15.7 Å². The highest BCUT2D eigenvalue weighted by Crippen LogP contribution is 2.26. The third-order valence-corrected chi connectivity index (χ3v) is 4.95. The lowest BCUT2D eigenvalue weighted by Crippen LogP contribution is -2.06. The molecule has 0 atom stereocenters. The van der Waals surface area contributed by atoms with Crippen LogP contribution < -0.4 is 0 Å². The molecule has 5 heteroatoms. The molecule has 0 radical (unpaired) electrons. The zero-order chi connectivity index (χ0) is 20.8. The van der Waals surface area contributed by atoms with Crippen molar-refractivity contribution in [3.8, 4) is 17.2 Å². The summed E-state index contributed by atoms with van der Waals surface area (Å²) in [5.41, 5.74) is 6.88. The number of ether oxygens (including phenoxy) is 1. The summed E-state index contributed by atoms with van der Waals surface area (Å²) in [4.78, 5) is 11.3. The molecule has 0 saturated heterocycles. The highest BCUT2D eigenvalue weighted by atomic mass is 16.5. The molecule has 0 aliphatic rings. The summed E-state index contributed by atoms with van der Waals surface area (Å²) in [6.45, 7) is 3.78. The first-order valence-electron chi connectivity index (χ1n) is 9.78. The molecule has 2 aromatic carbocycles. The predicted octanol–water partition coefficient (Wildman–Crippen LogP) is 4.57. The third kappa shape index (κ3) is 4.72. The van der Waals surface area contributed by atoms with E-state index in [-0.39, 0.29) is 12.6 Å². The number of aryl methyl sites for hydroxylation is 2. The van der Waals surface area contributed by atoms with E-state index in [9.17, 15) is 10.1 Å². The molecule has 0 aliphatic heterocycles. The molecule has 3 aromatic rings. The Morgan fingerprint density at radius 3 is 2.55 bits per heavy atom. The Bertz CT molecular complexity index is 1040. The van der Waals surface area contributed by atoms with Crippen molar-refractivity contribution in [1.82, 2.24) is 9.78 Å². The second kappa shape index (κ2) is 9.20. The zero-order valence-corrected chi connectivity index (χ0v) is 17.1. The van der Waals surface area contributed by atoms with E-state index in [0.29, 0.717) is 5.56 Å². The average Bonchev–Trinajstić information content (AvgIpc) is 3.01. The number of carbonyl (C=O) groups excluding carboxylic acids is 1. The first-order valence-corrected chi connectivity index (χ1v) is 9.78. The quantitative estimate of drug-likeness (QED) is 0.557. The fourth-order valence-electron chi connectivity index (χ4n) is 3.49. The van der Waals surface area contributed by atoms with Crippen LogP contribution in [0.1, 0.15) is 48.3 Å². The maximum absolute atomic E-state index is 11.3. The molecule has 0 N–H and O–H groups in total. The SMILES string of the molecule is CCCc1nn(C)c(COC(C)=O)c1Cc1ccc(-c2ccccc2C#N)cc1. The van der Waals surface area contributed by atoms with Crippen LogP contribution in [0, 0.1) is 11.3 Å². The van der Waals surface area contributed by atoms with Gasteiger partial charge < -0.3 is 4.74 Å². The van der Waals surface area contributed by atoms with Crippen molar-refractivity contribution in [2.45, 2.75) is 39.7 Å². The molecule has 1 aromatic heterocycles. The van der Waals surface area contributed by atoms with Gasteiger partial charge in [-0.1, -0.05) is 55.8 Å². The van der Waals surface area contributed by atoms with E-state index in [2.05, 4.69) is 30.2 Å². The van der Waals surface area contributed by atoms with Gasteiger partial charge in [0.25, 0.3) is 0 Å². The van der Waals surface area contributed by atoms with Crippen LogP contribution in [0.4, 0.5) is 0 Å². The number of aromatic nitrogens is 2. The van der Waals surface area contributed by atoms with Gasteiger partial charge in [-0.15, -0.1) is 0 Å². The van der Waals surface area contributed by atoms with Gasteiger partial charge in [-0.3, -0.25) is 9.48 Å². The van der Waals surface area contributed by atoms with Gasteiger partial charge in [0.2, 0.25) is 0 Å². The minimum atomic E-state index is -0.297. The molecule has 0 amide bonds. The lowest BCUT2D eigenvalue weighted by Gasteiger charge is -2.09. The molecule has 3 rings (SSSR count). The van der Waals surface area contributed by atoms with Crippen molar-refractivity contribution in [1.29, 1.82) is 5.26 Å². The standard InChI is InChI=1S/C24H25N3O2/c1-4-7-23-22(24(27(3)26-23)16-29-17(2)28)14-18-10-12-19(13-11-18)21-9-6-5-8-20(21)15-25/h5-6,8-13H,4,7,14,16H2,1-3H3. The summed E-state index contributed by atoms with van der Waals surface area (Å²) < 4.78 is 7.07. The molecule has 0 aliphatic carbocycles. The molecule has 1 heterocycles. The van der Waals surface area contributed by atoms with E-state index in [1.165, 1.54) is 6.92 Å². The third-order valence-electron chi connectivity index (χ3n) is 4.95. The maximum atomic E-state index is 11.3. The van der Waals surface area contributed by atoms with Gasteiger partial charge in [-0.25, -0.2) is 0 Å². The van der Waals surface area contributed by atoms with Gasteiger partial charge in [0.1, 0.15) is 6.61 Å². The Hall–Kier alpha value is -3.39. The number of esters is 1. The van der Waals surface area contributed by atoms with Crippen LogP contribution >= 0.6 is 0 Å². The second-order valence-electron chi connectivity index (χ2n) is 7.06. The summed E-state index contributed by atoms with van der Waals surface area (Å²) in [7, 11) is 1.89. The number of hydrogen-bond acceptors (Lipinski definition) is 4.